The molecule has 10 heteroatoms. The van der Waals surface area contributed by atoms with E-state index in [2.05, 4.69) is 25.3 Å². The van der Waals surface area contributed by atoms with Gasteiger partial charge in [-0.1, -0.05) is 0 Å². The Labute approximate surface area is 178 Å². The molecular formula is C21H24FN7O2. The number of aryl methyl sites for hydroxylation is 1. The number of carbonyl (C=O) groups is 1. The van der Waals surface area contributed by atoms with Crippen LogP contribution in [-0.2, 0) is 4.74 Å². The van der Waals surface area contributed by atoms with Gasteiger partial charge in [-0.3, -0.25) is 0 Å². The molecule has 162 valence electrons. The number of amides is 2. The molecule has 0 bridgehead atoms. The van der Waals surface area contributed by atoms with Crippen LogP contribution in [0.1, 0.15) is 18.5 Å². The second-order valence-electron chi connectivity index (χ2n) is 7.79. The predicted molar refractivity (Wildman–Crippen MR) is 114 cm³/mol. The number of urea groups is 1. The summed E-state index contributed by atoms with van der Waals surface area (Å²) in [6.07, 6.45) is 3.70. The van der Waals surface area contributed by atoms with E-state index in [9.17, 15) is 9.18 Å². The van der Waals surface area contributed by atoms with Gasteiger partial charge in [0.25, 0.3) is 5.78 Å². The van der Waals surface area contributed by atoms with Gasteiger partial charge in [-0.05, 0) is 38.0 Å². The Hall–Kier alpha value is -3.27. The highest BCUT2D eigenvalue weighted by atomic mass is 19.1. The zero-order chi connectivity index (χ0) is 21.4. The summed E-state index contributed by atoms with van der Waals surface area (Å²) in [4.78, 5) is 25.2. The molecule has 9 nitrogen and oxygen atoms in total. The van der Waals surface area contributed by atoms with E-state index in [1.807, 2.05) is 6.92 Å². The molecular weight excluding hydrogens is 401 g/mol. The number of hydrogen-bond donors (Lipinski definition) is 1. The van der Waals surface area contributed by atoms with Gasteiger partial charge in [-0.15, -0.1) is 5.10 Å². The molecule has 2 aliphatic heterocycles. The minimum absolute atomic E-state index is 0.166. The van der Waals surface area contributed by atoms with E-state index in [1.165, 1.54) is 6.07 Å². The van der Waals surface area contributed by atoms with Crippen LogP contribution in [0.5, 0.6) is 0 Å². The van der Waals surface area contributed by atoms with Crippen LogP contribution in [0.3, 0.4) is 0 Å². The number of nitrogens with zero attached hydrogens (tertiary/aromatic N) is 6. The molecule has 0 spiro atoms. The van der Waals surface area contributed by atoms with Gasteiger partial charge in [-0.2, -0.15) is 4.52 Å². The molecule has 0 unspecified atom stereocenters. The molecule has 2 aliphatic rings. The van der Waals surface area contributed by atoms with Crippen molar-refractivity contribution in [2.45, 2.75) is 19.8 Å². The van der Waals surface area contributed by atoms with E-state index in [-0.39, 0.29) is 6.03 Å². The number of likely N-dealkylation sites (tertiary alicyclic amines) is 1. The Morgan fingerprint density at radius 3 is 2.71 bits per heavy atom. The Morgan fingerprint density at radius 2 is 1.94 bits per heavy atom. The van der Waals surface area contributed by atoms with Crippen molar-refractivity contribution >= 4 is 23.3 Å². The SMILES string of the molecule is Cc1c(-c2cc(NC(=O)N3CCCC3)ccc2F)nc2ncc(N3CCOCC3)nn12. The number of benzene rings is 1. The van der Waals surface area contributed by atoms with Crippen molar-refractivity contribution < 1.29 is 13.9 Å². The molecule has 5 rings (SSSR count). The van der Waals surface area contributed by atoms with Crippen LogP contribution >= 0.6 is 0 Å². The molecule has 2 saturated heterocycles. The first-order chi connectivity index (χ1) is 15.1. The van der Waals surface area contributed by atoms with Crippen molar-refractivity contribution in [1.29, 1.82) is 0 Å². The maximum Gasteiger partial charge on any atom is 0.321 e. The average molecular weight is 425 g/mol. The monoisotopic (exact) mass is 425 g/mol. The molecule has 1 N–H and O–H groups in total. The number of fused-ring (bicyclic) bond motifs is 1. The normalized spacial score (nSPS) is 16.8. The quantitative estimate of drug-likeness (QED) is 0.694. The first-order valence-corrected chi connectivity index (χ1v) is 10.5. The summed E-state index contributed by atoms with van der Waals surface area (Å²) in [5, 5.41) is 7.52. The van der Waals surface area contributed by atoms with Gasteiger partial charge in [0.05, 0.1) is 30.8 Å². The third kappa shape index (κ3) is 3.78. The van der Waals surface area contributed by atoms with Gasteiger partial charge in [0.15, 0.2) is 5.82 Å². The molecule has 31 heavy (non-hydrogen) atoms. The Kier molecular flexibility index (Phi) is 5.14. The van der Waals surface area contributed by atoms with Crippen molar-refractivity contribution in [3.8, 4) is 11.3 Å². The lowest BCUT2D eigenvalue weighted by Gasteiger charge is -2.27. The maximum atomic E-state index is 14.7. The summed E-state index contributed by atoms with van der Waals surface area (Å²) < 4.78 is 21.8. The largest absolute Gasteiger partial charge is 0.378 e. The Bertz CT molecular complexity index is 1120. The summed E-state index contributed by atoms with van der Waals surface area (Å²) in [6, 6.07) is 4.35. The predicted octanol–water partition coefficient (Wildman–Crippen LogP) is 2.70. The van der Waals surface area contributed by atoms with Crippen LogP contribution < -0.4 is 10.2 Å². The van der Waals surface area contributed by atoms with E-state index in [4.69, 9.17) is 4.74 Å². The summed E-state index contributed by atoms with van der Waals surface area (Å²) in [5.74, 6) is 0.712. The summed E-state index contributed by atoms with van der Waals surface area (Å²) in [7, 11) is 0. The number of imidazole rings is 1. The van der Waals surface area contributed by atoms with E-state index in [0.717, 1.165) is 44.8 Å². The molecule has 0 atom stereocenters. The van der Waals surface area contributed by atoms with Gasteiger partial charge in [-0.25, -0.2) is 19.2 Å². The fourth-order valence-electron chi connectivity index (χ4n) is 4.03. The zero-order valence-electron chi connectivity index (χ0n) is 17.3. The fraction of sp³-hybridized carbons (Fsp3) is 0.429. The van der Waals surface area contributed by atoms with Crippen LogP contribution in [0.4, 0.5) is 20.7 Å². The highest BCUT2D eigenvalue weighted by Gasteiger charge is 2.21. The number of morpholine rings is 1. The highest BCUT2D eigenvalue weighted by Crippen LogP contribution is 2.29. The standard InChI is InChI=1S/C21H24FN7O2/c1-14-19(25-20-23-13-18(26-29(14)20)27-8-10-31-11-9-27)16-12-15(4-5-17(16)22)24-21(30)28-6-2-3-7-28/h4-5,12-13H,2-3,6-11H2,1H3,(H,24,30). The number of carbonyl (C=O) groups excluding carboxylic acids is 1. The number of ether oxygens (including phenoxy) is 1. The van der Waals surface area contributed by atoms with Crippen LogP contribution in [0, 0.1) is 12.7 Å². The minimum Gasteiger partial charge on any atom is -0.378 e. The van der Waals surface area contributed by atoms with Crippen molar-refractivity contribution in [3.05, 3.63) is 35.9 Å². The summed E-state index contributed by atoms with van der Waals surface area (Å²) in [6.45, 7) is 6.11. The van der Waals surface area contributed by atoms with Crippen LogP contribution in [-0.4, -0.2) is 69.9 Å². The van der Waals surface area contributed by atoms with Crippen molar-refractivity contribution in [1.82, 2.24) is 24.5 Å². The van der Waals surface area contributed by atoms with Crippen LogP contribution in [0.15, 0.2) is 24.4 Å². The Balaban J connectivity index is 1.46. The number of nitrogens with one attached hydrogen (secondary N) is 1. The summed E-state index contributed by atoms with van der Waals surface area (Å²) >= 11 is 0. The topological polar surface area (TPSA) is 87.9 Å². The first-order valence-electron chi connectivity index (χ1n) is 10.5. The van der Waals surface area contributed by atoms with Gasteiger partial charge >= 0.3 is 6.03 Å². The molecule has 4 heterocycles. The van der Waals surface area contributed by atoms with Gasteiger partial charge in [0.2, 0.25) is 0 Å². The lowest BCUT2D eigenvalue weighted by Crippen LogP contribution is -2.37. The molecule has 0 saturated carbocycles. The number of rotatable bonds is 3. The van der Waals surface area contributed by atoms with Crippen molar-refractivity contribution in [2.75, 3.05) is 49.6 Å². The lowest BCUT2D eigenvalue weighted by atomic mass is 10.1. The summed E-state index contributed by atoms with van der Waals surface area (Å²) in [5.41, 5.74) is 1.96. The zero-order valence-corrected chi connectivity index (χ0v) is 17.3. The van der Waals surface area contributed by atoms with Crippen LogP contribution in [0.25, 0.3) is 17.0 Å². The second kappa shape index (κ2) is 8.10. The third-order valence-corrected chi connectivity index (χ3v) is 5.76. The van der Waals surface area contributed by atoms with Gasteiger partial charge in [0, 0.05) is 37.4 Å². The van der Waals surface area contributed by atoms with E-state index < -0.39 is 5.82 Å². The minimum atomic E-state index is -0.418. The average Bonchev–Trinajstić information content (AvgIpc) is 3.44. The molecule has 0 aliphatic carbocycles. The van der Waals surface area contributed by atoms with Gasteiger partial charge in [0.1, 0.15) is 5.82 Å². The number of aromatic nitrogens is 4. The lowest BCUT2D eigenvalue weighted by molar-refractivity contribution is 0.122. The third-order valence-electron chi connectivity index (χ3n) is 5.76. The smallest absolute Gasteiger partial charge is 0.321 e. The molecule has 1 aromatic carbocycles. The molecule has 0 radical (unpaired) electrons. The fourth-order valence-corrected chi connectivity index (χ4v) is 4.03. The highest BCUT2D eigenvalue weighted by molar-refractivity contribution is 5.90. The molecule has 2 amide bonds. The van der Waals surface area contributed by atoms with E-state index >= 15 is 0 Å². The number of halogens is 1. The number of anilines is 2. The van der Waals surface area contributed by atoms with E-state index in [1.54, 1.807) is 27.7 Å². The Morgan fingerprint density at radius 1 is 1.16 bits per heavy atom. The second-order valence-corrected chi connectivity index (χ2v) is 7.79. The van der Waals surface area contributed by atoms with Gasteiger partial charge < -0.3 is 19.9 Å². The van der Waals surface area contributed by atoms with E-state index in [0.29, 0.717) is 41.6 Å². The van der Waals surface area contributed by atoms with Crippen LogP contribution in [0.2, 0.25) is 0 Å². The first kappa shape index (κ1) is 19.7. The maximum absolute atomic E-state index is 14.7. The molecule has 2 aromatic heterocycles. The molecule has 2 fully saturated rings. The number of hydrogen-bond acceptors (Lipinski definition) is 6. The van der Waals surface area contributed by atoms with Crippen molar-refractivity contribution in [2.24, 2.45) is 0 Å². The molecule has 3 aromatic rings. The van der Waals surface area contributed by atoms with Crippen molar-refractivity contribution in [3.63, 3.8) is 0 Å².